The molecule has 1 unspecified atom stereocenters. The molecule has 1 N–H and O–H groups in total. The zero-order valence-electron chi connectivity index (χ0n) is 14.0. The second kappa shape index (κ2) is 7.60. The highest BCUT2D eigenvalue weighted by Gasteiger charge is 2.20. The Hall–Kier alpha value is -1.54. The van der Waals surface area contributed by atoms with Crippen molar-refractivity contribution < 1.29 is 4.79 Å². The number of benzene rings is 1. The van der Waals surface area contributed by atoms with E-state index in [9.17, 15) is 4.79 Å². The lowest BCUT2D eigenvalue weighted by molar-refractivity contribution is -0.115. The number of thioether (sulfide) groups is 1. The second-order valence-corrected chi connectivity index (χ2v) is 8.20. The summed E-state index contributed by atoms with van der Waals surface area (Å²) in [5.74, 6) is 0.224. The largest absolute Gasteiger partial charge is 0.323 e. The molecule has 0 aliphatic rings. The molecule has 26 heavy (non-hydrogen) atoms. The van der Waals surface area contributed by atoms with Gasteiger partial charge in [0.1, 0.15) is 0 Å². The van der Waals surface area contributed by atoms with E-state index in [0.29, 0.717) is 21.6 Å². The van der Waals surface area contributed by atoms with Gasteiger partial charge in [0.2, 0.25) is 11.1 Å². The van der Waals surface area contributed by atoms with Crippen LogP contribution in [0.25, 0.3) is 5.78 Å². The normalized spacial score (nSPS) is 12.4. The van der Waals surface area contributed by atoms with Gasteiger partial charge in [-0.1, -0.05) is 46.6 Å². The highest BCUT2D eigenvalue weighted by atomic mass is 35.5. The fourth-order valence-electron chi connectivity index (χ4n) is 2.30. The Morgan fingerprint density at radius 3 is 2.46 bits per heavy atom. The van der Waals surface area contributed by atoms with Crippen LogP contribution in [-0.2, 0) is 4.79 Å². The first-order valence-corrected chi connectivity index (χ1v) is 9.59. The number of rotatable bonds is 4. The van der Waals surface area contributed by atoms with Crippen LogP contribution in [0.3, 0.4) is 0 Å². The maximum Gasteiger partial charge on any atom is 0.253 e. The molecule has 0 aliphatic carbocycles. The summed E-state index contributed by atoms with van der Waals surface area (Å²) in [5.41, 5.74) is 2.10. The number of hydrogen-bond donors (Lipinski definition) is 1. The van der Waals surface area contributed by atoms with E-state index < -0.39 is 5.25 Å². The van der Waals surface area contributed by atoms with Crippen molar-refractivity contribution in [2.75, 3.05) is 5.32 Å². The smallest absolute Gasteiger partial charge is 0.253 e. The zero-order chi connectivity index (χ0) is 19.0. The van der Waals surface area contributed by atoms with Gasteiger partial charge in [0.25, 0.3) is 5.78 Å². The Bertz CT molecular complexity index is 984. The van der Waals surface area contributed by atoms with Gasteiger partial charge in [-0.3, -0.25) is 4.79 Å². The van der Waals surface area contributed by atoms with Gasteiger partial charge in [0.05, 0.1) is 21.0 Å². The minimum Gasteiger partial charge on any atom is -0.323 e. The van der Waals surface area contributed by atoms with E-state index in [1.54, 1.807) is 11.4 Å². The molecule has 0 aliphatic heterocycles. The molecule has 10 heteroatoms. The van der Waals surface area contributed by atoms with Crippen molar-refractivity contribution in [2.45, 2.75) is 31.2 Å². The van der Waals surface area contributed by atoms with E-state index in [1.807, 2.05) is 19.9 Å². The van der Waals surface area contributed by atoms with E-state index in [4.69, 9.17) is 34.8 Å². The van der Waals surface area contributed by atoms with Crippen molar-refractivity contribution in [3.05, 3.63) is 44.7 Å². The van der Waals surface area contributed by atoms with Gasteiger partial charge >= 0.3 is 0 Å². The summed E-state index contributed by atoms with van der Waals surface area (Å²) >= 11 is 19.3. The van der Waals surface area contributed by atoms with Crippen molar-refractivity contribution >= 4 is 63.9 Å². The lowest BCUT2D eigenvalue weighted by Gasteiger charge is -2.13. The predicted octanol–water partition coefficient (Wildman–Crippen LogP) is 4.82. The fraction of sp³-hybridized carbons (Fsp3) is 0.250. The molecule has 0 bridgehead atoms. The number of anilines is 1. The first-order chi connectivity index (χ1) is 12.2. The molecule has 1 aromatic carbocycles. The topological polar surface area (TPSA) is 72.2 Å². The molecule has 2 aromatic heterocycles. The van der Waals surface area contributed by atoms with Gasteiger partial charge in [0.15, 0.2) is 0 Å². The summed E-state index contributed by atoms with van der Waals surface area (Å²) in [6.07, 6.45) is 0. The molecule has 0 saturated heterocycles. The van der Waals surface area contributed by atoms with Crippen molar-refractivity contribution in [1.82, 2.24) is 19.6 Å². The molecule has 0 spiro atoms. The average molecular weight is 431 g/mol. The van der Waals surface area contributed by atoms with Gasteiger partial charge in [-0.15, -0.1) is 5.10 Å². The number of amides is 1. The van der Waals surface area contributed by atoms with Crippen LogP contribution in [0, 0.1) is 13.8 Å². The van der Waals surface area contributed by atoms with Gasteiger partial charge < -0.3 is 5.32 Å². The minimum absolute atomic E-state index is 0.272. The standard InChI is InChI=1S/C16H14Cl3N5OS/c1-7-4-8(2)24-15(20-7)22-16(23-24)26-9(3)14(25)21-13-11(18)5-10(17)6-12(13)19/h4-6,9H,1-3H3,(H,21,25). The van der Waals surface area contributed by atoms with Crippen molar-refractivity contribution in [3.63, 3.8) is 0 Å². The summed E-state index contributed by atoms with van der Waals surface area (Å²) in [7, 11) is 0. The Morgan fingerprint density at radius 2 is 1.81 bits per heavy atom. The Balaban J connectivity index is 1.77. The summed E-state index contributed by atoms with van der Waals surface area (Å²) in [4.78, 5) is 21.2. The number of hydrogen-bond acceptors (Lipinski definition) is 5. The van der Waals surface area contributed by atoms with Gasteiger partial charge in [0, 0.05) is 16.4 Å². The number of carbonyl (C=O) groups excluding carboxylic acids is 1. The third kappa shape index (κ3) is 4.06. The Labute approximate surface area is 169 Å². The highest BCUT2D eigenvalue weighted by Crippen LogP contribution is 2.34. The Morgan fingerprint density at radius 1 is 1.15 bits per heavy atom. The summed E-state index contributed by atoms with van der Waals surface area (Å²) < 4.78 is 1.65. The predicted molar refractivity (Wildman–Crippen MR) is 106 cm³/mol. The number of carbonyl (C=O) groups is 1. The fourth-order valence-corrected chi connectivity index (χ4v) is 3.95. The van der Waals surface area contributed by atoms with Crippen LogP contribution in [0.4, 0.5) is 5.69 Å². The van der Waals surface area contributed by atoms with Gasteiger partial charge in [-0.05, 0) is 39.0 Å². The maximum atomic E-state index is 12.5. The molecule has 3 aromatic rings. The second-order valence-electron chi connectivity index (χ2n) is 5.64. The molecule has 1 atom stereocenters. The van der Waals surface area contributed by atoms with E-state index in [1.165, 1.54) is 23.9 Å². The monoisotopic (exact) mass is 429 g/mol. The molecular weight excluding hydrogens is 417 g/mol. The summed E-state index contributed by atoms with van der Waals surface area (Å²) in [6, 6.07) is 4.95. The van der Waals surface area contributed by atoms with Crippen LogP contribution in [0.5, 0.6) is 0 Å². The van der Waals surface area contributed by atoms with Crippen molar-refractivity contribution in [2.24, 2.45) is 0 Å². The first kappa shape index (κ1) is 19.2. The molecule has 0 saturated carbocycles. The average Bonchev–Trinajstić information content (AvgIpc) is 2.93. The minimum atomic E-state index is -0.475. The Kier molecular flexibility index (Phi) is 5.62. The van der Waals surface area contributed by atoms with Crippen LogP contribution in [0.1, 0.15) is 18.3 Å². The number of fused-ring (bicyclic) bond motifs is 1. The highest BCUT2D eigenvalue weighted by molar-refractivity contribution is 8.00. The van der Waals surface area contributed by atoms with Crippen molar-refractivity contribution in [1.29, 1.82) is 0 Å². The van der Waals surface area contributed by atoms with E-state index in [0.717, 1.165) is 11.4 Å². The number of aromatic nitrogens is 4. The molecule has 6 nitrogen and oxygen atoms in total. The van der Waals surface area contributed by atoms with Crippen LogP contribution in [0.2, 0.25) is 15.1 Å². The molecular formula is C16H14Cl3N5OS. The van der Waals surface area contributed by atoms with Crippen molar-refractivity contribution in [3.8, 4) is 0 Å². The van der Waals surface area contributed by atoms with Crippen LogP contribution in [-0.4, -0.2) is 30.7 Å². The van der Waals surface area contributed by atoms with Crippen LogP contribution in [0.15, 0.2) is 23.4 Å². The number of halogens is 3. The molecule has 0 fully saturated rings. The van der Waals surface area contributed by atoms with Gasteiger partial charge in [-0.25, -0.2) is 9.50 Å². The summed E-state index contributed by atoms with van der Waals surface area (Å²) in [5, 5.41) is 8.03. The molecule has 2 heterocycles. The molecule has 0 radical (unpaired) electrons. The van der Waals surface area contributed by atoms with E-state index >= 15 is 0 Å². The van der Waals surface area contributed by atoms with E-state index in [2.05, 4.69) is 20.4 Å². The number of aryl methyl sites for hydroxylation is 2. The quantitative estimate of drug-likeness (QED) is 0.601. The SMILES string of the molecule is Cc1cc(C)n2nc(SC(C)C(=O)Nc3c(Cl)cc(Cl)cc3Cl)nc2n1. The third-order valence-corrected chi connectivity index (χ3v) is 5.27. The number of nitrogens with zero attached hydrogens (tertiary/aromatic N) is 4. The van der Waals surface area contributed by atoms with Gasteiger partial charge in [-0.2, -0.15) is 4.98 Å². The number of nitrogens with one attached hydrogen (secondary N) is 1. The lowest BCUT2D eigenvalue weighted by atomic mass is 10.3. The lowest BCUT2D eigenvalue weighted by Crippen LogP contribution is -2.23. The molecule has 3 rings (SSSR count). The van der Waals surface area contributed by atoms with Crippen LogP contribution >= 0.6 is 46.6 Å². The summed E-state index contributed by atoms with van der Waals surface area (Å²) in [6.45, 7) is 5.56. The molecule has 1 amide bonds. The maximum absolute atomic E-state index is 12.5. The first-order valence-electron chi connectivity index (χ1n) is 7.57. The zero-order valence-corrected chi connectivity index (χ0v) is 17.1. The van der Waals surface area contributed by atoms with E-state index in [-0.39, 0.29) is 16.0 Å². The molecule has 136 valence electrons. The van der Waals surface area contributed by atoms with Crippen LogP contribution < -0.4 is 5.32 Å². The third-order valence-electron chi connectivity index (χ3n) is 3.51.